The number of thiophene rings is 1. The molecule has 1 atom stereocenters. The van der Waals surface area contributed by atoms with E-state index in [1.807, 2.05) is 0 Å². The second-order valence-corrected chi connectivity index (χ2v) is 4.16. The number of aliphatic hydroxyl groups is 1. The topological polar surface area (TPSA) is 20.2 Å². The fourth-order valence-corrected chi connectivity index (χ4v) is 2.06. The highest BCUT2D eigenvalue weighted by atomic mass is 32.1. The lowest BCUT2D eigenvalue weighted by atomic mass is 10.1. The van der Waals surface area contributed by atoms with Crippen LogP contribution in [0.5, 0.6) is 0 Å². The van der Waals surface area contributed by atoms with Gasteiger partial charge in [0.1, 0.15) is 11.9 Å². The first kappa shape index (κ1) is 10.3. The van der Waals surface area contributed by atoms with Crippen molar-refractivity contribution in [2.45, 2.75) is 6.10 Å². The lowest BCUT2D eigenvalue weighted by Gasteiger charge is -2.08. The first-order chi connectivity index (χ1) is 7.16. The van der Waals surface area contributed by atoms with E-state index in [0.717, 1.165) is 11.3 Å². The van der Waals surface area contributed by atoms with Gasteiger partial charge in [-0.15, -0.1) is 11.3 Å². The molecule has 0 radical (unpaired) electrons. The van der Waals surface area contributed by atoms with Gasteiger partial charge in [0.25, 0.3) is 0 Å². The summed E-state index contributed by atoms with van der Waals surface area (Å²) in [5, 5.41) is 9.45. The summed E-state index contributed by atoms with van der Waals surface area (Å²) in [6.07, 6.45) is -0.963. The van der Waals surface area contributed by atoms with Crippen LogP contribution in [0.4, 0.5) is 8.78 Å². The van der Waals surface area contributed by atoms with Gasteiger partial charge in [-0.1, -0.05) is 12.1 Å². The zero-order chi connectivity index (χ0) is 10.8. The van der Waals surface area contributed by atoms with E-state index in [-0.39, 0.29) is 5.13 Å². The normalized spacial score (nSPS) is 12.7. The average Bonchev–Trinajstić information content (AvgIpc) is 2.64. The molecule has 2 aromatic rings. The molecule has 0 aliphatic carbocycles. The van der Waals surface area contributed by atoms with Crippen LogP contribution in [0.15, 0.2) is 36.4 Å². The molecular weight excluding hydrogens is 218 g/mol. The van der Waals surface area contributed by atoms with Crippen LogP contribution in [0.3, 0.4) is 0 Å². The third-order valence-electron chi connectivity index (χ3n) is 2.03. The van der Waals surface area contributed by atoms with Gasteiger partial charge in [0, 0.05) is 4.88 Å². The minimum absolute atomic E-state index is 0.361. The molecule has 2 rings (SSSR count). The van der Waals surface area contributed by atoms with Crippen molar-refractivity contribution in [2.75, 3.05) is 0 Å². The monoisotopic (exact) mass is 226 g/mol. The lowest BCUT2D eigenvalue weighted by molar-refractivity contribution is 0.223. The summed E-state index contributed by atoms with van der Waals surface area (Å²) in [7, 11) is 0. The van der Waals surface area contributed by atoms with E-state index in [0.29, 0.717) is 10.4 Å². The van der Waals surface area contributed by atoms with E-state index >= 15 is 0 Å². The molecule has 0 bridgehead atoms. The number of aliphatic hydroxyl groups excluding tert-OH is 1. The molecular formula is C11H8F2OS. The Kier molecular flexibility index (Phi) is 2.79. The van der Waals surface area contributed by atoms with Gasteiger partial charge in [0.05, 0.1) is 0 Å². The molecule has 0 saturated heterocycles. The molecule has 1 unspecified atom stereocenters. The maximum absolute atomic E-state index is 12.9. The predicted octanol–water partition coefficient (Wildman–Crippen LogP) is 3.11. The molecule has 15 heavy (non-hydrogen) atoms. The summed E-state index contributed by atoms with van der Waals surface area (Å²) >= 11 is 0.857. The summed E-state index contributed by atoms with van der Waals surface area (Å²) in [4.78, 5) is 0.470. The first-order valence-corrected chi connectivity index (χ1v) is 5.17. The third kappa shape index (κ3) is 2.22. The second-order valence-electron chi connectivity index (χ2n) is 3.10. The van der Waals surface area contributed by atoms with Crippen LogP contribution in [0.25, 0.3) is 0 Å². The largest absolute Gasteiger partial charge is 0.383 e. The molecule has 0 amide bonds. The van der Waals surface area contributed by atoms with Crippen molar-refractivity contribution in [3.63, 3.8) is 0 Å². The molecule has 0 saturated carbocycles. The summed E-state index contributed by atoms with van der Waals surface area (Å²) in [5.41, 5.74) is 0.428. The first-order valence-electron chi connectivity index (χ1n) is 4.35. The van der Waals surface area contributed by atoms with E-state index in [1.165, 1.54) is 30.3 Å². The van der Waals surface area contributed by atoms with Crippen LogP contribution in [-0.2, 0) is 0 Å². The zero-order valence-electron chi connectivity index (χ0n) is 7.65. The van der Waals surface area contributed by atoms with Gasteiger partial charge in [-0.25, -0.2) is 4.39 Å². The van der Waals surface area contributed by atoms with E-state index in [1.54, 1.807) is 6.07 Å². The SMILES string of the molecule is OC(c1cccc(F)c1)c1ccc(F)s1. The molecule has 0 aliphatic rings. The number of hydrogen-bond acceptors (Lipinski definition) is 2. The molecule has 0 spiro atoms. The molecule has 4 heteroatoms. The van der Waals surface area contributed by atoms with Gasteiger partial charge >= 0.3 is 0 Å². The fourth-order valence-electron chi connectivity index (χ4n) is 1.32. The maximum atomic E-state index is 12.9. The van der Waals surface area contributed by atoms with Gasteiger partial charge in [0.15, 0.2) is 5.13 Å². The van der Waals surface area contributed by atoms with Gasteiger partial charge in [-0.3, -0.25) is 0 Å². The minimum atomic E-state index is -0.963. The Labute approximate surface area is 89.6 Å². The van der Waals surface area contributed by atoms with Crippen molar-refractivity contribution in [3.8, 4) is 0 Å². The molecule has 0 fully saturated rings. The predicted molar refractivity (Wildman–Crippen MR) is 54.7 cm³/mol. The standard InChI is InChI=1S/C11H8F2OS/c12-8-3-1-2-7(6-8)11(14)9-4-5-10(13)15-9/h1-6,11,14H. The van der Waals surface area contributed by atoms with Crippen LogP contribution >= 0.6 is 11.3 Å². The Morgan fingerprint density at radius 3 is 2.53 bits per heavy atom. The smallest absolute Gasteiger partial charge is 0.176 e. The van der Waals surface area contributed by atoms with Crippen molar-refractivity contribution >= 4 is 11.3 Å². The molecule has 1 nitrogen and oxygen atoms in total. The van der Waals surface area contributed by atoms with E-state index < -0.39 is 11.9 Å². The van der Waals surface area contributed by atoms with Crippen molar-refractivity contribution in [2.24, 2.45) is 0 Å². The van der Waals surface area contributed by atoms with Crippen LogP contribution < -0.4 is 0 Å². The van der Waals surface area contributed by atoms with Crippen molar-refractivity contribution in [1.82, 2.24) is 0 Å². The Morgan fingerprint density at radius 1 is 1.13 bits per heavy atom. The van der Waals surface area contributed by atoms with Crippen LogP contribution in [0.2, 0.25) is 0 Å². The number of halogens is 2. The second kappa shape index (κ2) is 4.08. The summed E-state index contributed by atoms with van der Waals surface area (Å²) < 4.78 is 25.6. The number of benzene rings is 1. The van der Waals surface area contributed by atoms with E-state index in [2.05, 4.69) is 0 Å². The maximum Gasteiger partial charge on any atom is 0.176 e. The van der Waals surface area contributed by atoms with E-state index in [9.17, 15) is 13.9 Å². The van der Waals surface area contributed by atoms with Gasteiger partial charge in [-0.2, -0.15) is 4.39 Å². The number of rotatable bonds is 2. The van der Waals surface area contributed by atoms with Crippen molar-refractivity contribution < 1.29 is 13.9 Å². The Morgan fingerprint density at radius 2 is 1.93 bits per heavy atom. The number of hydrogen-bond donors (Lipinski definition) is 1. The van der Waals surface area contributed by atoms with E-state index in [4.69, 9.17) is 0 Å². The highest BCUT2D eigenvalue weighted by Crippen LogP contribution is 2.27. The summed E-state index contributed by atoms with van der Waals surface area (Å²) in [5.74, 6) is -0.413. The summed E-state index contributed by atoms with van der Waals surface area (Å²) in [6, 6.07) is 8.43. The third-order valence-corrected chi connectivity index (χ3v) is 2.95. The Balaban J connectivity index is 2.32. The molecule has 0 aliphatic heterocycles. The van der Waals surface area contributed by atoms with Gasteiger partial charge < -0.3 is 5.11 Å². The Hall–Kier alpha value is -1.26. The Bertz CT molecular complexity index is 467. The molecule has 1 N–H and O–H groups in total. The van der Waals surface area contributed by atoms with Crippen molar-refractivity contribution in [3.05, 3.63) is 57.8 Å². The summed E-state index contributed by atoms with van der Waals surface area (Å²) in [6.45, 7) is 0. The van der Waals surface area contributed by atoms with Gasteiger partial charge in [-0.05, 0) is 29.8 Å². The lowest BCUT2D eigenvalue weighted by Crippen LogP contribution is -1.97. The highest BCUT2D eigenvalue weighted by Gasteiger charge is 2.13. The van der Waals surface area contributed by atoms with Crippen LogP contribution in [0.1, 0.15) is 16.5 Å². The van der Waals surface area contributed by atoms with Crippen LogP contribution in [0, 0.1) is 10.9 Å². The zero-order valence-corrected chi connectivity index (χ0v) is 8.47. The average molecular weight is 226 g/mol. The molecule has 78 valence electrons. The molecule has 1 aromatic carbocycles. The molecule has 1 aromatic heterocycles. The van der Waals surface area contributed by atoms with Crippen molar-refractivity contribution in [1.29, 1.82) is 0 Å². The minimum Gasteiger partial charge on any atom is -0.383 e. The van der Waals surface area contributed by atoms with Crippen LogP contribution in [-0.4, -0.2) is 5.11 Å². The highest BCUT2D eigenvalue weighted by molar-refractivity contribution is 7.10. The fraction of sp³-hybridized carbons (Fsp3) is 0.0909. The molecule has 1 heterocycles. The van der Waals surface area contributed by atoms with Gasteiger partial charge in [0.2, 0.25) is 0 Å². The quantitative estimate of drug-likeness (QED) is 0.834.